The molecule has 4 amide bonds. The van der Waals surface area contributed by atoms with Gasteiger partial charge in [-0.15, -0.1) is 0 Å². The first-order valence-electron chi connectivity index (χ1n) is 8.47. The van der Waals surface area contributed by atoms with Gasteiger partial charge in [0.1, 0.15) is 11.8 Å². The number of carbonyl (C=O) groups is 3. The number of urea groups is 1. The molecule has 27 heavy (non-hydrogen) atoms. The zero-order valence-electron chi connectivity index (χ0n) is 15.2. The Morgan fingerprint density at radius 2 is 1.93 bits per heavy atom. The highest BCUT2D eigenvalue weighted by molar-refractivity contribution is 6.35. The summed E-state index contributed by atoms with van der Waals surface area (Å²) in [4.78, 5) is 35.0. The van der Waals surface area contributed by atoms with E-state index in [9.17, 15) is 14.4 Å². The maximum atomic E-state index is 12.1. The molecule has 0 aromatic heterocycles. The number of nitrogens with two attached hydrogens (primary N) is 1. The van der Waals surface area contributed by atoms with E-state index in [4.69, 9.17) is 33.7 Å². The van der Waals surface area contributed by atoms with Crippen molar-refractivity contribution in [1.82, 2.24) is 16.2 Å². The van der Waals surface area contributed by atoms with Crippen LogP contribution in [0.1, 0.15) is 33.1 Å². The van der Waals surface area contributed by atoms with Crippen LogP contribution in [-0.2, 0) is 9.59 Å². The van der Waals surface area contributed by atoms with Crippen molar-refractivity contribution in [3.05, 3.63) is 28.2 Å². The second kappa shape index (κ2) is 11.5. The maximum absolute atomic E-state index is 12.1. The van der Waals surface area contributed by atoms with Crippen LogP contribution in [-0.4, -0.2) is 30.5 Å². The quantitative estimate of drug-likeness (QED) is 0.363. The van der Waals surface area contributed by atoms with E-state index in [2.05, 4.69) is 16.2 Å². The van der Waals surface area contributed by atoms with Gasteiger partial charge < -0.3 is 15.8 Å². The third-order valence-electron chi connectivity index (χ3n) is 3.82. The number of rotatable bonds is 9. The van der Waals surface area contributed by atoms with Crippen LogP contribution in [0.3, 0.4) is 0 Å². The molecule has 0 bridgehead atoms. The molecule has 5 N–H and O–H groups in total. The molecule has 0 fully saturated rings. The van der Waals surface area contributed by atoms with E-state index in [-0.39, 0.29) is 18.9 Å². The van der Waals surface area contributed by atoms with Gasteiger partial charge in [-0.05, 0) is 30.5 Å². The summed E-state index contributed by atoms with van der Waals surface area (Å²) in [7, 11) is 0. The molecule has 0 saturated heterocycles. The summed E-state index contributed by atoms with van der Waals surface area (Å²) in [5.74, 6) is -0.604. The summed E-state index contributed by atoms with van der Waals surface area (Å²) in [6, 6.07) is 3.22. The van der Waals surface area contributed by atoms with Crippen molar-refractivity contribution in [2.45, 2.75) is 39.2 Å². The SMILES string of the molecule is CCC(C)C(NC(N)=O)C(=O)NNC(=O)CCCOc1ccc(Cl)cc1Cl. The maximum Gasteiger partial charge on any atom is 0.312 e. The first-order valence-corrected chi connectivity index (χ1v) is 9.22. The number of hydrogen-bond acceptors (Lipinski definition) is 4. The van der Waals surface area contributed by atoms with Gasteiger partial charge >= 0.3 is 6.03 Å². The molecule has 0 spiro atoms. The number of halogens is 2. The van der Waals surface area contributed by atoms with Crippen molar-refractivity contribution in [2.24, 2.45) is 11.7 Å². The summed E-state index contributed by atoms with van der Waals surface area (Å²) in [6.07, 6.45) is 1.19. The fraction of sp³-hybridized carbons (Fsp3) is 0.471. The van der Waals surface area contributed by atoms with E-state index in [0.717, 1.165) is 0 Å². The number of amides is 4. The van der Waals surface area contributed by atoms with Crippen LogP contribution in [0.25, 0.3) is 0 Å². The second-order valence-corrected chi connectivity index (χ2v) is 6.78. The van der Waals surface area contributed by atoms with Crippen LogP contribution in [0.5, 0.6) is 5.75 Å². The molecule has 1 aromatic carbocycles. The first kappa shape index (κ1) is 22.9. The Balaban J connectivity index is 2.35. The standard InChI is InChI=1S/C17H24Cl2N4O4/c1-3-10(2)15(21-17(20)26)16(25)23-22-14(24)5-4-8-27-13-7-6-11(18)9-12(13)19/h6-7,9-10,15H,3-5,8H2,1-2H3,(H,22,24)(H,23,25)(H3,20,21,26). The van der Waals surface area contributed by atoms with Crippen LogP contribution < -0.4 is 26.6 Å². The lowest BCUT2D eigenvalue weighted by molar-refractivity contribution is -0.130. The number of ether oxygens (including phenoxy) is 1. The summed E-state index contributed by atoms with van der Waals surface area (Å²) in [5.41, 5.74) is 9.67. The fourth-order valence-electron chi connectivity index (χ4n) is 2.13. The Morgan fingerprint density at radius 1 is 1.22 bits per heavy atom. The van der Waals surface area contributed by atoms with E-state index in [0.29, 0.717) is 28.6 Å². The van der Waals surface area contributed by atoms with Gasteiger partial charge in [-0.25, -0.2) is 4.79 Å². The average molecular weight is 419 g/mol. The first-order chi connectivity index (χ1) is 12.7. The third kappa shape index (κ3) is 8.36. The molecule has 150 valence electrons. The molecule has 0 radical (unpaired) electrons. The van der Waals surface area contributed by atoms with Crippen LogP contribution in [0.15, 0.2) is 18.2 Å². The number of primary amides is 1. The number of hydrazine groups is 1. The Morgan fingerprint density at radius 3 is 2.52 bits per heavy atom. The van der Waals surface area contributed by atoms with Crippen LogP contribution in [0.2, 0.25) is 10.0 Å². The second-order valence-electron chi connectivity index (χ2n) is 5.94. The number of hydrogen-bond donors (Lipinski definition) is 4. The number of nitrogens with one attached hydrogen (secondary N) is 3. The Kier molecular flexibility index (Phi) is 9.74. The Hall–Kier alpha value is -2.19. The Labute approximate surface area is 168 Å². The molecule has 0 saturated carbocycles. The zero-order chi connectivity index (χ0) is 20.4. The van der Waals surface area contributed by atoms with Gasteiger partial charge in [0.2, 0.25) is 5.91 Å². The van der Waals surface area contributed by atoms with Gasteiger partial charge in [0.25, 0.3) is 5.91 Å². The lowest BCUT2D eigenvalue weighted by atomic mass is 9.99. The minimum Gasteiger partial charge on any atom is -0.492 e. The molecule has 1 aromatic rings. The van der Waals surface area contributed by atoms with Crippen molar-refractivity contribution in [3.63, 3.8) is 0 Å². The van der Waals surface area contributed by atoms with Crippen LogP contribution >= 0.6 is 23.2 Å². The van der Waals surface area contributed by atoms with Crippen LogP contribution in [0, 0.1) is 5.92 Å². The van der Waals surface area contributed by atoms with Gasteiger partial charge in [0, 0.05) is 11.4 Å². The topological polar surface area (TPSA) is 123 Å². The molecule has 10 heteroatoms. The molecule has 2 unspecified atom stereocenters. The van der Waals surface area contributed by atoms with Crippen molar-refractivity contribution >= 4 is 41.0 Å². The van der Waals surface area contributed by atoms with Crippen molar-refractivity contribution in [2.75, 3.05) is 6.61 Å². The molecule has 0 aliphatic carbocycles. The normalized spacial score (nSPS) is 12.6. The minimum absolute atomic E-state index is 0.128. The lowest BCUT2D eigenvalue weighted by Gasteiger charge is -2.22. The number of benzene rings is 1. The van der Waals surface area contributed by atoms with Crippen molar-refractivity contribution in [1.29, 1.82) is 0 Å². The van der Waals surface area contributed by atoms with Gasteiger partial charge in [0.15, 0.2) is 0 Å². The van der Waals surface area contributed by atoms with Gasteiger partial charge in [-0.1, -0.05) is 43.5 Å². The van der Waals surface area contributed by atoms with E-state index < -0.39 is 23.9 Å². The molecule has 8 nitrogen and oxygen atoms in total. The monoisotopic (exact) mass is 418 g/mol. The predicted octanol–water partition coefficient (Wildman–Crippen LogP) is 2.38. The van der Waals surface area contributed by atoms with Crippen LogP contribution in [0.4, 0.5) is 4.79 Å². The highest BCUT2D eigenvalue weighted by Gasteiger charge is 2.25. The van der Waals surface area contributed by atoms with Crippen molar-refractivity contribution < 1.29 is 19.1 Å². The molecular weight excluding hydrogens is 395 g/mol. The molecule has 0 aliphatic heterocycles. The molecule has 0 heterocycles. The lowest BCUT2D eigenvalue weighted by Crippen LogP contribution is -2.55. The molecular formula is C17H24Cl2N4O4. The molecule has 1 rings (SSSR count). The summed E-state index contributed by atoms with van der Waals surface area (Å²) >= 11 is 11.8. The largest absolute Gasteiger partial charge is 0.492 e. The summed E-state index contributed by atoms with van der Waals surface area (Å²) < 4.78 is 5.48. The van der Waals surface area contributed by atoms with Gasteiger partial charge in [-0.3, -0.25) is 20.4 Å². The highest BCUT2D eigenvalue weighted by atomic mass is 35.5. The smallest absolute Gasteiger partial charge is 0.312 e. The van der Waals surface area contributed by atoms with E-state index in [1.165, 1.54) is 0 Å². The van der Waals surface area contributed by atoms with E-state index in [1.807, 2.05) is 6.92 Å². The zero-order valence-corrected chi connectivity index (χ0v) is 16.7. The molecule has 2 atom stereocenters. The van der Waals surface area contributed by atoms with E-state index in [1.54, 1.807) is 25.1 Å². The minimum atomic E-state index is -0.830. The van der Waals surface area contributed by atoms with Gasteiger partial charge in [0.05, 0.1) is 11.6 Å². The highest BCUT2D eigenvalue weighted by Crippen LogP contribution is 2.27. The molecule has 0 aliphatic rings. The Bertz CT molecular complexity index is 672. The third-order valence-corrected chi connectivity index (χ3v) is 4.35. The van der Waals surface area contributed by atoms with Gasteiger partial charge in [-0.2, -0.15) is 0 Å². The number of carbonyl (C=O) groups excluding carboxylic acids is 3. The predicted molar refractivity (Wildman–Crippen MR) is 103 cm³/mol. The summed E-state index contributed by atoms with van der Waals surface area (Å²) in [5, 5.41) is 3.26. The van der Waals surface area contributed by atoms with E-state index >= 15 is 0 Å². The summed E-state index contributed by atoms with van der Waals surface area (Å²) in [6.45, 7) is 3.93. The average Bonchev–Trinajstić information content (AvgIpc) is 2.61. The fourth-order valence-corrected chi connectivity index (χ4v) is 2.60. The van der Waals surface area contributed by atoms with Crippen molar-refractivity contribution in [3.8, 4) is 5.75 Å².